The van der Waals surface area contributed by atoms with Gasteiger partial charge in [0.05, 0.1) is 17.1 Å². The molecule has 9 nitrogen and oxygen atoms in total. The average Bonchev–Trinajstić information content (AvgIpc) is 0.849. The third-order valence-corrected chi connectivity index (χ3v) is 32.8. The van der Waals surface area contributed by atoms with Crippen LogP contribution in [0.2, 0.25) is 15.2 Å². The van der Waals surface area contributed by atoms with Gasteiger partial charge >= 0.3 is 7.69 Å². The molecule has 22 aromatic rings. The van der Waals surface area contributed by atoms with E-state index in [4.69, 9.17) is 64.5 Å². The Balaban J connectivity index is 0.000000154. The summed E-state index contributed by atoms with van der Waals surface area (Å²) in [6.07, 6.45) is 0. The second-order valence-electron chi connectivity index (χ2n) is 32.2. The van der Waals surface area contributed by atoms with Crippen LogP contribution in [0.15, 0.2) is 595 Å². The van der Waals surface area contributed by atoms with Gasteiger partial charge in [-0.1, -0.05) is 575 Å². The van der Waals surface area contributed by atoms with E-state index >= 15 is 0 Å². The minimum absolute atomic E-state index is 0. The van der Waals surface area contributed by atoms with Crippen LogP contribution in [0.5, 0.6) is 5.75 Å². The zero-order valence-corrected chi connectivity index (χ0v) is 95.5. The van der Waals surface area contributed by atoms with E-state index in [-0.39, 0.29) is 123 Å². The van der Waals surface area contributed by atoms with Crippen molar-refractivity contribution in [2.45, 2.75) is 0 Å². The quantitative estimate of drug-likeness (QED) is 0.0170. The molecule has 0 fully saturated rings. The first-order valence-corrected chi connectivity index (χ1v) is 53.6. The zero-order chi connectivity index (χ0) is 101. The van der Waals surface area contributed by atoms with Gasteiger partial charge in [-0.3, -0.25) is 0 Å². The van der Waals surface area contributed by atoms with E-state index in [9.17, 15) is 0 Å². The van der Waals surface area contributed by atoms with Gasteiger partial charge in [0.1, 0.15) is 10.9 Å². The van der Waals surface area contributed by atoms with E-state index in [0.29, 0.717) is 40.3 Å². The predicted octanol–water partition coefficient (Wildman–Crippen LogP) is 27.7. The molecule has 3 radical (unpaired) electrons. The third-order valence-electron chi connectivity index (χ3n) is 22.3. The maximum atomic E-state index is 8.58. The van der Waals surface area contributed by atoms with Crippen LogP contribution in [-0.2, 0) is 30.1 Å². The molecule has 0 saturated carbocycles. The van der Waals surface area contributed by atoms with Gasteiger partial charge in [0.2, 0.25) is 0 Å². The number of nitrogens with zero attached hydrogens (tertiary/aromatic N) is 4. The first-order chi connectivity index (χ1) is 72.1. The van der Waals surface area contributed by atoms with Crippen LogP contribution in [0.4, 0.5) is 0 Å². The van der Waals surface area contributed by atoms with Gasteiger partial charge in [-0.25, -0.2) is 25.2 Å². The Labute approximate surface area is 993 Å². The molecule has 0 amide bonds. The predicted molar refractivity (Wildman–Crippen MR) is 634 cm³/mol. The van der Waals surface area contributed by atoms with Crippen LogP contribution in [-0.4, -0.2) is 147 Å². The molecule has 0 saturated heterocycles. The van der Waals surface area contributed by atoms with Gasteiger partial charge < -0.3 is 19.4 Å². The second-order valence-corrected chi connectivity index (χ2v) is 42.4. The summed E-state index contributed by atoms with van der Waals surface area (Å²) in [4.78, 5) is 29.9. The van der Waals surface area contributed by atoms with Gasteiger partial charge in [0, 0.05) is 167 Å². The third kappa shape index (κ3) is 36.3. The molecular formula is C129H100BCl3K2N4O5P4Pd-. The van der Waals surface area contributed by atoms with Gasteiger partial charge in [0.15, 0.2) is 11.6 Å². The van der Waals surface area contributed by atoms with Crippen molar-refractivity contribution in [1.82, 2.24) is 19.9 Å². The average molecular weight is 2210 g/mol. The summed E-state index contributed by atoms with van der Waals surface area (Å²) in [5, 5.41) is 34.0. The SMILES string of the molecule is Clc1cccc(-c2nc(-c3ccccc3)cc(-c3cccc(-c4ccccc4)c3)n2)c1.Clc1cccc(-c2nc(Cl)cc(-c3ccccc3)n2)c1.O=[C-]OO.O[B]Oc1cccc(-c2ccccc2)c1.[K].[K].[Pd].c1ccc(P(c2ccccc2)c2ccccc2)cc1.c1ccc(P(c2ccccc2)c2ccccc2)cc1.c1ccc(P(c2ccccc2)c2ccccc2)cc1.c1ccc(P(c2ccccc2)c2ccccc2)cc1. The molecule has 723 valence electrons. The number of halogens is 3. The molecule has 2 N–H and O–H groups in total. The van der Waals surface area contributed by atoms with Crippen molar-refractivity contribution >= 4 is 247 Å². The monoisotopic (exact) mass is 2210 g/mol. The van der Waals surface area contributed by atoms with Crippen molar-refractivity contribution in [2.75, 3.05) is 0 Å². The number of hydrogen-bond acceptors (Lipinski definition) is 9. The maximum absolute atomic E-state index is 8.58. The molecule has 22 rings (SSSR count). The van der Waals surface area contributed by atoms with Gasteiger partial charge in [-0.15, -0.1) is 0 Å². The molecule has 2 aromatic heterocycles. The summed E-state index contributed by atoms with van der Waals surface area (Å²) in [6.45, 7) is 0.736. The summed E-state index contributed by atoms with van der Waals surface area (Å²) < 4.78 is 4.90. The van der Waals surface area contributed by atoms with Crippen LogP contribution in [0.1, 0.15) is 0 Å². The topological polar surface area (TPSA) is 128 Å². The smallest absolute Gasteiger partial charge is 0.537 e. The molecule has 0 unspecified atom stereocenters. The van der Waals surface area contributed by atoms with Crippen LogP contribution >= 0.6 is 66.5 Å². The van der Waals surface area contributed by atoms with Crippen molar-refractivity contribution in [3.8, 4) is 84.6 Å². The second kappa shape index (κ2) is 64.8. The van der Waals surface area contributed by atoms with Crippen molar-refractivity contribution in [3.63, 3.8) is 0 Å². The normalized spacial score (nSPS) is 10.2. The molecule has 20 heteroatoms. The number of rotatable bonds is 22. The van der Waals surface area contributed by atoms with E-state index < -0.39 is 31.7 Å². The molecular weight excluding hydrogens is 2110 g/mol. The van der Waals surface area contributed by atoms with E-state index in [1.165, 1.54) is 69.2 Å². The molecule has 0 atom stereocenters. The summed E-state index contributed by atoms with van der Waals surface area (Å²) in [5.74, 6) is 1.85. The number of benzene rings is 20. The number of aromatic nitrogens is 4. The maximum Gasteiger partial charge on any atom is 0.569 e. The first kappa shape index (κ1) is 116. The fourth-order valence-electron chi connectivity index (χ4n) is 15.7. The summed E-state index contributed by atoms with van der Waals surface area (Å²) in [7, 11) is -1.10. The molecule has 0 aliphatic carbocycles. The van der Waals surface area contributed by atoms with E-state index in [1.54, 1.807) is 12.1 Å². The Morgan fingerprint density at radius 2 is 0.409 bits per heavy atom. The van der Waals surface area contributed by atoms with E-state index in [2.05, 4.69) is 440 Å². The van der Waals surface area contributed by atoms with Gasteiger partial charge in [0.25, 0.3) is 0 Å². The number of carbonyl (C=O) groups excluding carboxylic acids is 1. The summed E-state index contributed by atoms with van der Waals surface area (Å²) in [5.41, 5.74) is 11.9. The Kier molecular flexibility index (Phi) is 50.4. The summed E-state index contributed by atoms with van der Waals surface area (Å²) >= 11 is 18.3. The molecule has 0 aliphatic heterocycles. The molecule has 0 bridgehead atoms. The zero-order valence-electron chi connectivity index (χ0n) is 81.8. The van der Waals surface area contributed by atoms with Crippen molar-refractivity contribution in [1.29, 1.82) is 0 Å². The van der Waals surface area contributed by atoms with Crippen LogP contribution < -0.4 is 68.3 Å². The fourth-order valence-corrected chi connectivity index (χ4v) is 25.5. The standard InChI is InChI=1S/C28H19ClN2.4C18H15P.C16H10Cl2N2.C12H10BO2.CHO3.2K.Pd/c29-25-16-8-15-24(18-25)28-30-26(21-11-5-2-6-12-21)19-27(31-28)23-14-7-13-22(17-23)20-9-3-1-4-10-20;4*1-4-10-16(11-5-1)19(17-12-6-2-7-13-17)18-14-8-3-9-15-18;17-13-8-4-7-12(9-13)16-19-14(10-15(18)20-16)11-5-2-1-3-6-11;14-13-15-12-8-4-7-11(9-12)10-5-2-1-3-6-10;2-1-4-3;;;/h1-19H;4*1-15H;1-10H;1-9,14H;3H;;;/q;;;;;;;-1;;;. The Morgan fingerprint density at radius 1 is 0.215 bits per heavy atom. The van der Waals surface area contributed by atoms with E-state index in [0.717, 1.165) is 68.1 Å². The number of hydrogen-bond donors (Lipinski definition) is 2. The minimum atomic E-state index is -0.446. The Bertz CT molecular complexity index is 6750. The van der Waals surface area contributed by atoms with E-state index in [1.807, 2.05) is 158 Å². The molecule has 149 heavy (non-hydrogen) atoms. The largest absolute Gasteiger partial charge is 0.569 e. The first-order valence-electron chi connectivity index (χ1n) is 47.1. The van der Waals surface area contributed by atoms with Crippen molar-refractivity contribution < 1.29 is 45.0 Å². The van der Waals surface area contributed by atoms with Gasteiger partial charge in [-0.2, -0.15) is 0 Å². The Hall–Kier alpha value is -11.7. The van der Waals surface area contributed by atoms with Crippen molar-refractivity contribution in [2.24, 2.45) is 0 Å². The van der Waals surface area contributed by atoms with Gasteiger partial charge in [-0.05, 0) is 173 Å². The fraction of sp³-hybridized carbons (Fsp3) is 0. The van der Waals surface area contributed by atoms with Crippen molar-refractivity contribution in [3.05, 3.63) is 610 Å². The van der Waals surface area contributed by atoms with Crippen LogP contribution in [0, 0.1) is 0 Å². The molecule has 2 heterocycles. The van der Waals surface area contributed by atoms with Crippen LogP contribution in [0.3, 0.4) is 0 Å². The Morgan fingerprint density at radius 3 is 0.658 bits per heavy atom. The summed E-state index contributed by atoms with van der Waals surface area (Å²) in [6, 6.07) is 205. The molecule has 0 spiro atoms. The molecule has 20 aromatic carbocycles. The molecule has 0 aliphatic rings. The van der Waals surface area contributed by atoms with Crippen LogP contribution in [0.25, 0.3) is 78.8 Å². The minimum Gasteiger partial charge on any atom is -0.537 e.